The smallest absolute Gasteiger partial charge is 0.269 e. The molecule has 2 fully saturated rings. The minimum absolute atomic E-state index is 0.260. The number of rotatable bonds is 4. The molecule has 3 heterocycles. The van der Waals surface area contributed by atoms with Gasteiger partial charge in [0, 0.05) is 25.3 Å². The summed E-state index contributed by atoms with van der Waals surface area (Å²) in [6, 6.07) is 11.5. The predicted octanol–water partition coefficient (Wildman–Crippen LogP) is 2.20. The number of aliphatic hydroxyl groups is 1. The van der Waals surface area contributed by atoms with Crippen molar-refractivity contribution in [1.29, 1.82) is 0 Å². The number of carbonyl (C=O) groups is 1. The highest BCUT2D eigenvalue weighted by atomic mass is 16.5. The molecule has 2 aliphatic rings. The Kier molecular flexibility index (Phi) is 5.46. The maximum absolute atomic E-state index is 12.9. The number of amides is 1. The number of likely N-dealkylation sites (tertiary alicyclic amines) is 1. The highest BCUT2D eigenvalue weighted by molar-refractivity contribution is 5.94. The average molecular weight is 399 g/mol. The molecule has 2 atom stereocenters. The molecule has 0 bridgehead atoms. The van der Waals surface area contributed by atoms with Crippen molar-refractivity contribution >= 4 is 5.91 Å². The van der Waals surface area contributed by atoms with E-state index in [9.17, 15) is 9.90 Å². The Morgan fingerprint density at radius 3 is 2.72 bits per heavy atom. The number of nitrogens with one attached hydrogen (secondary N) is 2. The predicted molar refractivity (Wildman–Crippen MR) is 111 cm³/mol. The van der Waals surface area contributed by atoms with Crippen molar-refractivity contribution in [3.63, 3.8) is 0 Å². The topological polar surface area (TPSA) is 90.5 Å². The minimum Gasteiger partial charge on any atom is -0.388 e. The number of aromatic amines is 1. The van der Waals surface area contributed by atoms with Crippen molar-refractivity contribution in [3.8, 4) is 11.3 Å². The Morgan fingerprint density at radius 2 is 2.03 bits per heavy atom. The van der Waals surface area contributed by atoms with Crippen molar-refractivity contribution in [2.75, 3.05) is 26.2 Å². The van der Waals surface area contributed by atoms with E-state index in [1.54, 1.807) is 6.07 Å². The summed E-state index contributed by atoms with van der Waals surface area (Å²) < 4.78 is 6.11. The Hall–Kier alpha value is -2.22. The van der Waals surface area contributed by atoms with Gasteiger partial charge < -0.3 is 20.1 Å². The average Bonchev–Trinajstić information content (AvgIpc) is 3.24. The summed E-state index contributed by atoms with van der Waals surface area (Å²) in [5.41, 5.74) is 0.717. The fourth-order valence-electron chi connectivity index (χ4n) is 4.58. The van der Waals surface area contributed by atoms with Gasteiger partial charge in [0.25, 0.3) is 5.91 Å². The van der Waals surface area contributed by atoms with E-state index in [4.69, 9.17) is 4.74 Å². The van der Waals surface area contributed by atoms with Crippen LogP contribution < -0.4 is 5.32 Å². The number of ether oxygens (including phenoxy) is 1. The van der Waals surface area contributed by atoms with Crippen LogP contribution in [-0.2, 0) is 4.74 Å². The van der Waals surface area contributed by atoms with E-state index >= 15 is 0 Å². The number of hydrogen-bond donors (Lipinski definition) is 3. The molecular formula is C22H30N4O3. The molecule has 1 amide bonds. The second-order valence-corrected chi connectivity index (χ2v) is 8.40. The van der Waals surface area contributed by atoms with Gasteiger partial charge in [0.1, 0.15) is 11.8 Å². The number of H-pyrrole nitrogens is 1. The first-order chi connectivity index (χ1) is 14.0. The molecule has 7 heteroatoms. The van der Waals surface area contributed by atoms with E-state index in [2.05, 4.69) is 27.3 Å². The molecule has 1 aromatic heterocycles. The lowest BCUT2D eigenvalue weighted by atomic mass is 9.73. The monoisotopic (exact) mass is 398 g/mol. The molecule has 1 aromatic carbocycles. The van der Waals surface area contributed by atoms with Crippen LogP contribution in [0.1, 0.15) is 43.6 Å². The van der Waals surface area contributed by atoms with Crippen LogP contribution >= 0.6 is 0 Å². The Bertz CT molecular complexity index is 845. The van der Waals surface area contributed by atoms with Crippen LogP contribution in [0.5, 0.6) is 0 Å². The summed E-state index contributed by atoms with van der Waals surface area (Å²) in [6.45, 7) is 7.40. The summed E-state index contributed by atoms with van der Waals surface area (Å²) in [7, 11) is 0. The standard InChI is InChI=1S/C22H30N4O3/c1-3-26-12-9-22(10-13-26)20(28)21(2,11-14-29-22)23-19(27)18-15-17(24-25-18)16-7-5-4-6-8-16/h4-8,15,20,28H,3,9-14H2,1-2H3,(H,23,27)(H,24,25)/t20-,21+/m1/s1. The first-order valence-corrected chi connectivity index (χ1v) is 10.4. The van der Waals surface area contributed by atoms with Gasteiger partial charge in [-0.3, -0.25) is 9.89 Å². The molecule has 0 unspecified atom stereocenters. The van der Waals surface area contributed by atoms with Crippen LogP contribution in [0.3, 0.4) is 0 Å². The lowest BCUT2D eigenvalue weighted by Gasteiger charge is -2.53. The first-order valence-electron chi connectivity index (χ1n) is 10.4. The molecule has 2 saturated heterocycles. The Balaban J connectivity index is 1.48. The molecule has 4 rings (SSSR count). The molecule has 1 spiro atoms. The number of hydrogen-bond acceptors (Lipinski definition) is 5. The van der Waals surface area contributed by atoms with E-state index < -0.39 is 17.2 Å². The van der Waals surface area contributed by atoms with Crippen molar-refractivity contribution in [2.24, 2.45) is 0 Å². The van der Waals surface area contributed by atoms with Crippen LogP contribution in [0.15, 0.2) is 36.4 Å². The zero-order valence-electron chi connectivity index (χ0n) is 17.1. The summed E-state index contributed by atoms with van der Waals surface area (Å²) in [5, 5.41) is 21.4. The van der Waals surface area contributed by atoms with Gasteiger partial charge in [-0.25, -0.2) is 0 Å². The molecule has 0 aliphatic carbocycles. The van der Waals surface area contributed by atoms with Gasteiger partial charge in [0.05, 0.1) is 16.8 Å². The second-order valence-electron chi connectivity index (χ2n) is 8.40. The summed E-state index contributed by atoms with van der Waals surface area (Å²) in [4.78, 5) is 15.3. The quantitative estimate of drug-likeness (QED) is 0.735. The largest absolute Gasteiger partial charge is 0.388 e. The highest BCUT2D eigenvalue weighted by Gasteiger charge is 2.53. The molecule has 2 aliphatic heterocycles. The highest BCUT2D eigenvalue weighted by Crippen LogP contribution is 2.40. The van der Waals surface area contributed by atoms with E-state index in [1.807, 2.05) is 37.3 Å². The van der Waals surface area contributed by atoms with Crippen molar-refractivity contribution in [3.05, 3.63) is 42.1 Å². The fraction of sp³-hybridized carbons (Fsp3) is 0.545. The van der Waals surface area contributed by atoms with E-state index in [0.717, 1.165) is 43.7 Å². The number of aliphatic hydroxyl groups excluding tert-OH is 1. The molecule has 0 radical (unpaired) electrons. The second kappa shape index (κ2) is 7.89. The van der Waals surface area contributed by atoms with Crippen LogP contribution in [0.4, 0.5) is 0 Å². The minimum atomic E-state index is -0.761. The normalized spacial score (nSPS) is 27.1. The van der Waals surface area contributed by atoms with Gasteiger partial charge in [0.2, 0.25) is 0 Å². The Morgan fingerprint density at radius 1 is 1.31 bits per heavy atom. The first kappa shape index (κ1) is 20.1. The third kappa shape index (κ3) is 3.82. The summed E-state index contributed by atoms with van der Waals surface area (Å²) in [6.07, 6.45) is 1.35. The number of benzene rings is 1. The maximum Gasteiger partial charge on any atom is 0.269 e. The molecule has 3 N–H and O–H groups in total. The van der Waals surface area contributed by atoms with Gasteiger partial charge >= 0.3 is 0 Å². The van der Waals surface area contributed by atoms with Crippen LogP contribution in [0, 0.1) is 0 Å². The molecular weight excluding hydrogens is 368 g/mol. The van der Waals surface area contributed by atoms with Crippen molar-refractivity contribution in [2.45, 2.75) is 50.4 Å². The molecule has 2 aromatic rings. The summed E-state index contributed by atoms with van der Waals surface area (Å²) >= 11 is 0. The number of piperidine rings is 1. The Labute approximate surface area is 171 Å². The molecule has 29 heavy (non-hydrogen) atoms. The maximum atomic E-state index is 12.9. The third-order valence-electron chi connectivity index (χ3n) is 6.55. The SMILES string of the molecule is CCN1CCC2(CC1)OCC[C@](C)(NC(=O)c1cc(-c3ccccc3)n[nH]1)[C@H]2O. The lowest BCUT2D eigenvalue weighted by molar-refractivity contribution is -0.205. The van der Waals surface area contributed by atoms with Gasteiger partial charge in [0.15, 0.2) is 0 Å². The molecule has 0 saturated carbocycles. The van der Waals surface area contributed by atoms with Gasteiger partial charge in [-0.05, 0) is 38.8 Å². The zero-order chi connectivity index (χ0) is 20.5. The zero-order valence-corrected chi connectivity index (χ0v) is 17.1. The molecule has 156 valence electrons. The van der Waals surface area contributed by atoms with E-state index in [-0.39, 0.29) is 5.91 Å². The van der Waals surface area contributed by atoms with Gasteiger partial charge in [-0.15, -0.1) is 0 Å². The number of carbonyl (C=O) groups excluding carboxylic acids is 1. The van der Waals surface area contributed by atoms with E-state index in [0.29, 0.717) is 18.7 Å². The van der Waals surface area contributed by atoms with Crippen LogP contribution in [-0.4, -0.2) is 69.6 Å². The van der Waals surface area contributed by atoms with Crippen LogP contribution in [0.2, 0.25) is 0 Å². The van der Waals surface area contributed by atoms with Crippen molar-refractivity contribution in [1.82, 2.24) is 20.4 Å². The fourth-order valence-corrected chi connectivity index (χ4v) is 4.58. The molecule has 7 nitrogen and oxygen atoms in total. The summed E-state index contributed by atoms with van der Waals surface area (Å²) in [5.74, 6) is -0.260. The van der Waals surface area contributed by atoms with Crippen LogP contribution in [0.25, 0.3) is 11.3 Å². The van der Waals surface area contributed by atoms with Gasteiger partial charge in [-0.2, -0.15) is 5.10 Å². The number of aromatic nitrogens is 2. The number of nitrogens with zero attached hydrogens (tertiary/aromatic N) is 2. The lowest BCUT2D eigenvalue weighted by Crippen LogP contribution is -2.69. The third-order valence-corrected chi connectivity index (χ3v) is 6.55. The van der Waals surface area contributed by atoms with Gasteiger partial charge in [-0.1, -0.05) is 37.3 Å². The van der Waals surface area contributed by atoms with E-state index in [1.165, 1.54) is 0 Å². The van der Waals surface area contributed by atoms with Crippen molar-refractivity contribution < 1.29 is 14.6 Å².